The molecule has 162 valence electrons. The average Bonchev–Trinajstić information content (AvgIpc) is 3.21. The molecular weight excluding hydrogens is 446 g/mol. The largest absolute Gasteiger partial charge is 0.348 e. The number of hydrogen-bond donors (Lipinski definition) is 2. The molecule has 0 saturated heterocycles. The van der Waals surface area contributed by atoms with Gasteiger partial charge in [0.05, 0.1) is 22.0 Å². The summed E-state index contributed by atoms with van der Waals surface area (Å²) in [6.07, 6.45) is 1.67. The molecule has 2 N–H and O–H groups in total. The number of nitrogens with zero attached hydrogens (tertiary/aromatic N) is 3. The second-order valence-electron chi connectivity index (χ2n) is 7.11. The molecular formula is C23H20ClN5O2S. The number of benzene rings is 2. The number of aryl methyl sites for hydroxylation is 1. The first-order valence-corrected chi connectivity index (χ1v) is 11.2. The molecule has 0 aliphatic rings. The summed E-state index contributed by atoms with van der Waals surface area (Å²) in [5.41, 5.74) is 3.82. The van der Waals surface area contributed by atoms with Gasteiger partial charge in [0, 0.05) is 12.7 Å². The molecule has 4 rings (SSSR count). The number of halogens is 1. The molecule has 0 fully saturated rings. The van der Waals surface area contributed by atoms with Crippen LogP contribution in [0.2, 0.25) is 5.02 Å². The fourth-order valence-corrected chi connectivity index (χ4v) is 3.87. The van der Waals surface area contributed by atoms with Crippen LogP contribution in [0.5, 0.6) is 0 Å². The topological polar surface area (TPSA) is 88.4 Å². The minimum Gasteiger partial charge on any atom is -0.348 e. The molecule has 4 aromatic rings. The number of anilines is 1. The minimum absolute atomic E-state index is 0.121. The lowest BCUT2D eigenvalue weighted by Gasteiger charge is -2.08. The Morgan fingerprint density at radius 1 is 1.03 bits per heavy atom. The zero-order valence-electron chi connectivity index (χ0n) is 17.2. The van der Waals surface area contributed by atoms with Gasteiger partial charge >= 0.3 is 0 Å². The first-order chi connectivity index (χ1) is 15.5. The molecule has 2 aromatic carbocycles. The lowest BCUT2D eigenvalue weighted by atomic mass is 10.1. The molecule has 0 atom stereocenters. The Hall–Kier alpha value is -3.36. The standard InChI is InChI=1S/C23H20ClN5O2S/c1-15-6-8-16(9-7-15)12-25-22(31)17-10-11-20-27-28-23(29(20)13-17)32-14-21(30)26-19-5-3-2-4-18(19)24/h2-11,13H,12,14H2,1H3,(H,25,31)(H,26,30). The number of carbonyl (C=O) groups excluding carboxylic acids is 2. The number of nitrogens with one attached hydrogen (secondary N) is 2. The minimum atomic E-state index is -0.216. The second kappa shape index (κ2) is 9.84. The van der Waals surface area contributed by atoms with Crippen LogP contribution < -0.4 is 10.6 Å². The van der Waals surface area contributed by atoms with E-state index < -0.39 is 0 Å². The van der Waals surface area contributed by atoms with Gasteiger partial charge in [-0.3, -0.25) is 14.0 Å². The maximum atomic E-state index is 12.6. The zero-order valence-corrected chi connectivity index (χ0v) is 18.8. The van der Waals surface area contributed by atoms with Crippen LogP contribution in [0.15, 0.2) is 72.0 Å². The van der Waals surface area contributed by atoms with Gasteiger partial charge in [0.2, 0.25) is 5.91 Å². The average molecular weight is 466 g/mol. The van der Waals surface area contributed by atoms with Crippen molar-refractivity contribution in [2.45, 2.75) is 18.6 Å². The number of amides is 2. The molecule has 0 aliphatic carbocycles. The summed E-state index contributed by atoms with van der Waals surface area (Å²) in [4.78, 5) is 24.9. The highest BCUT2D eigenvalue weighted by Crippen LogP contribution is 2.22. The zero-order chi connectivity index (χ0) is 22.5. The summed E-state index contributed by atoms with van der Waals surface area (Å²) >= 11 is 7.30. The maximum absolute atomic E-state index is 12.6. The molecule has 0 saturated carbocycles. The molecule has 0 radical (unpaired) electrons. The monoisotopic (exact) mass is 465 g/mol. The van der Waals surface area contributed by atoms with Gasteiger partial charge in [0.25, 0.3) is 5.91 Å². The fraction of sp³-hybridized carbons (Fsp3) is 0.130. The summed E-state index contributed by atoms with van der Waals surface area (Å²) in [6, 6.07) is 18.5. The number of hydrogen-bond acceptors (Lipinski definition) is 5. The highest BCUT2D eigenvalue weighted by Gasteiger charge is 2.13. The Morgan fingerprint density at radius 2 is 1.81 bits per heavy atom. The summed E-state index contributed by atoms with van der Waals surface area (Å²) in [5, 5.41) is 14.9. The molecule has 2 aromatic heterocycles. The van der Waals surface area contributed by atoms with Crippen LogP contribution in [0.4, 0.5) is 5.69 Å². The van der Waals surface area contributed by atoms with Crippen LogP contribution in [-0.4, -0.2) is 32.2 Å². The Morgan fingerprint density at radius 3 is 2.59 bits per heavy atom. The SMILES string of the molecule is Cc1ccc(CNC(=O)c2ccc3nnc(SCC(=O)Nc4ccccc4Cl)n3c2)cc1. The van der Waals surface area contributed by atoms with Crippen molar-refractivity contribution in [3.05, 3.63) is 88.6 Å². The van der Waals surface area contributed by atoms with Crippen LogP contribution in [0, 0.1) is 6.92 Å². The highest BCUT2D eigenvalue weighted by molar-refractivity contribution is 7.99. The quantitative estimate of drug-likeness (QED) is 0.396. The third-order valence-electron chi connectivity index (χ3n) is 4.69. The van der Waals surface area contributed by atoms with Crippen LogP contribution in [-0.2, 0) is 11.3 Å². The Balaban J connectivity index is 1.40. The normalized spacial score (nSPS) is 10.8. The predicted molar refractivity (Wildman–Crippen MR) is 126 cm³/mol. The van der Waals surface area contributed by atoms with Crippen molar-refractivity contribution < 1.29 is 9.59 Å². The van der Waals surface area contributed by atoms with Crippen molar-refractivity contribution in [2.24, 2.45) is 0 Å². The molecule has 0 aliphatic heterocycles. The van der Waals surface area contributed by atoms with Crippen LogP contribution in [0.1, 0.15) is 21.5 Å². The lowest BCUT2D eigenvalue weighted by Crippen LogP contribution is -2.23. The third kappa shape index (κ3) is 5.27. The summed E-state index contributed by atoms with van der Waals surface area (Å²) in [7, 11) is 0. The van der Waals surface area contributed by atoms with E-state index in [0.717, 1.165) is 5.56 Å². The Kier molecular flexibility index (Phi) is 6.72. The van der Waals surface area contributed by atoms with E-state index in [2.05, 4.69) is 20.8 Å². The Bertz CT molecular complexity index is 1270. The van der Waals surface area contributed by atoms with Crippen molar-refractivity contribution >= 4 is 46.5 Å². The van der Waals surface area contributed by atoms with Gasteiger partial charge in [-0.05, 0) is 36.8 Å². The smallest absolute Gasteiger partial charge is 0.253 e. The number of rotatable bonds is 7. The molecule has 0 spiro atoms. The molecule has 7 nitrogen and oxygen atoms in total. The van der Waals surface area contributed by atoms with Crippen LogP contribution in [0.3, 0.4) is 0 Å². The number of thioether (sulfide) groups is 1. The van der Waals surface area contributed by atoms with Crippen molar-refractivity contribution in [1.82, 2.24) is 19.9 Å². The van der Waals surface area contributed by atoms with E-state index in [4.69, 9.17) is 11.6 Å². The second-order valence-corrected chi connectivity index (χ2v) is 8.46. The van der Waals surface area contributed by atoms with Gasteiger partial charge in [-0.15, -0.1) is 10.2 Å². The first kappa shape index (κ1) is 21.9. The maximum Gasteiger partial charge on any atom is 0.253 e. The van der Waals surface area contributed by atoms with Crippen molar-refractivity contribution in [2.75, 3.05) is 11.1 Å². The molecule has 2 heterocycles. The predicted octanol–water partition coefficient (Wildman–Crippen LogP) is 4.35. The number of aromatic nitrogens is 3. The summed E-state index contributed by atoms with van der Waals surface area (Å²) in [6.45, 7) is 2.45. The van der Waals surface area contributed by atoms with Gasteiger partial charge in [0.15, 0.2) is 10.8 Å². The van der Waals surface area contributed by atoms with E-state index >= 15 is 0 Å². The molecule has 32 heavy (non-hydrogen) atoms. The van der Waals surface area contributed by atoms with E-state index in [1.54, 1.807) is 47.0 Å². The van der Waals surface area contributed by atoms with E-state index in [1.807, 2.05) is 31.2 Å². The number of para-hydroxylation sites is 1. The summed E-state index contributed by atoms with van der Waals surface area (Å²) < 4.78 is 1.70. The van der Waals surface area contributed by atoms with Crippen molar-refractivity contribution in [3.63, 3.8) is 0 Å². The van der Waals surface area contributed by atoms with Gasteiger partial charge in [-0.2, -0.15) is 0 Å². The third-order valence-corrected chi connectivity index (χ3v) is 5.96. The molecule has 0 unspecified atom stereocenters. The van der Waals surface area contributed by atoms with E-state index in [9.17, 15) is 9.59 Å². The lowest BCUT2D eigenvalue weighted by molar-refractivity contribution is -0.113. The van der Waals surface area contributed by atoms with E-state index in [0.29, 0.717) is 33.6 Å². The van der Waals surface area contributed by atoms with Gasteiger partial charge < -0.3 is 10.6 Å². The molecule has 2 amide bonds. The van der Waals surface area contributed by atoms with Gasteiger partial charge in [0.1, 0.15) is 0 Å². The first-order valence-electron chi connectivity index (χ1n) is 9.85. The van der Waals surface area contributed by atoms with Gasteiger partial charge in [-0.25, -0.2) is 0 Å². The number of carbonyl (C=O) groups is 2. The fourth-order valence-electron chi connectivity index (χ4n) is 2.97. The summed E-state index contributed by atoms with van der Waals surface area (Å²) in [5.74, 6) is -0.295. The van der Waals surface area contributed by atoms with Crippen molar-refractivity contribution in [3.8, 4) is 0 Å². The van der Waals surface area contributed by atoms with Crippen LogP contribution in [0.25, 0.3) is 5.65 Å². The van der Waals surface area contributed by atoms with E-state index in [1.165, 1.54) is 17.3 Å². The van der Waals surface area contributed by atoms with Crippen LogP contribution >= 0.6 is 23.4 Å². The molecule has 0 bridgehead atoms. The van der Waals surface area contributed by atoms with Gasteiger partial charge in [-0.1, -0.05) is 65.3 Å². The van der Waals surface area contributed by atoms with Crippen molar-refractivity contribution in [1.29, 1.82) is 0 Å². The number of fused-ring (bicyclic) bond motifs is 1. The Labute approximate surface area is 194 Å². The molecule has 9 heteroatoms. The highest BCUT2D eigenvalue weighted by atomic mass is 35.5. The number of pyridine rings is 1. The van der Waals surface area contributed by atoms with E-state index in [-0.39, 0.29) is 17.6 Å².